The fourth-order valence-electron chi connectivity index (χ4n) is 1.67. The summed E-state index contributed by atoms with van der Waals surface area (Å²) in [7, 11) is 0. The zero-order valence-corrected chi connectivity index (χ0v) is 8.11. The third kappa shape index (κ3) is 3.97. The summed E-state index contributed by atoms with van der Waals surface area (Å²) in [5, 5.41) is 0.313. The molecule has 1 nitrogen and oxygen atoms in total. The van der Waals surface area contributed by atoms with Crippen molar-refractivity contribution in [1.29, 1.82) is 0 Å². The van der Waals surface area contributed by atoms with Gasteiger partial charge in [0.1, 0.15) is 0 Å². The standard InChI is InChI=1S/C9H18ClN/c1-9(10)8-11-6-4-2-3-5-7-11/h9H,2-8H2,1H3. The van der Waals surface area contributed by atoms with Crippen LogP contribution in [0.2, 0.25) is 0 Å². The summed E-state index contributed by atoms with van der Waals surface area (Å²) < 4.78 is 0. The normalized spacial score (nSPS) is 24.5. The number of hydrogen-bond acceptors (Lipinski definition) is 1. The Balaban J connectivity index is 2.20. The van der Waals surface area contributed by atoms with E-state index in [0.717, 1.165) is 6.54 Å². The van der Waals surface area contributed by atoms with E-state index < -0.39 is 0 Å². The highest BCUT2D eigenvalue weighted by Crippen LogP contribution is 2.10. The molecule has 0 aromatic rings. The lowest BCUT2D eigenvalue weighted by molar-refractivity contribution is 0.288. The maximum absolute atomic E-state index is 5.92. The van der Waals surface area contributed by atoms with Gasteiger partial charge in [-0.25, -0.2) is 0 Å². The summed E-state index contributed by atoms with van der Waals surface area (Å²) >= 11 is 5.92. The van der Waals surface area contributed by atoms with E-state index in [4.69, 9.17) is 11.6 Å². The minimum atomic E-state index is 0.313. The second kappa shape index (κ2) is 5.00. The van der Waals surface area contributed by atoms with Gasteiger partial charge in [-0.3, -0.25) is 0 Å². The van der Waals surface area contributed by atoms with E-state index in [0.29, 0.717) is 5.38 Å². The first-order chi connectivity index (χ1) is 5.29. The number of alkyl halides is 1. The number of likely N-dealkylation sites (tertiary alicyclic amines) is 1. The van der Waals surface area contributed by atoms with E-state index in [1.54, 1.807) is 0 Å². The zero-order chi connectivity index (χ0) is 8.10. The summed E-state index contributed by atoms with van der Waals surface area (Å²) in [6.45, 7) is 5.67. The molecular formula is C9H18ClN. The molecule has 0 saturated carbocycles. The molecule has 1 unspecified atom stereocenters. The molecule has 1 atom stereocenters. The van der Waals surface area contributed by atoms with Crippen molar-refractivity contribution in [3.05, 3.63) is 0 Å². The highest BCUT2D eigenvalue weighted by Gasteiger charge is 2.10. The Morgan fingerprint density at radius 1 is 1.18 bits per heavy atom. The fourth-order valence-corrected chi connectivity index (χ4v) is 1.87. The van der Waals surface area contributed by atoms with Crippen molar-refractivity contribution in [2.45, 2.75) is 38.0 Å². The van der Waals surface area contributed by atoms with Crippen LogP contribution < -0.4 is 0 Å². The second-order valence-corrected chi connectivity index (χ2v) is 4.24. The molecule has 1 aliphatic rings. The predicted molar refractivity (Wildman–Crippen MR) is 50.2 cm³/mol. The lowest BCUT2D eigenvalue weighted by Crippen LogP contribution is -2.29. The van der Waals surface area contributed by atoms with Crippen molar-refractivity contribution >= 4 is 11.6 Å². The lowest BCUT2D eigenvalue weighted by Gasteiger charge is -2.20. The summed E-state index contributed by atoms with van der Waals surface area (Å²) in [6.07, 6.45) is 5.55. The van der Waals surface area contributed by atoms with Crippen molar-refractivity contribution in [3.8, 4) is 0 Å². The smallest absolute Gasteiger partial charge is 0.0435 e. The third-order valence-corrected chi connectivity index (χ3v) is 2.35. The summed E-state index contributed by atoms with van der Waals surface area (Å²) in [4.78, 5) is 2.49. The van der Waals surface area contributed by atoms with Crippen molar-refractivity contribution in [2.24, 2.45) is 0 Å². The van der Waals surface area contributed by atoms with Crippen LogP contribution in [0.1, 0.15) is 32.6 Å². The van der Waals surface area contributed by atoms with Crippen LogP contribution in [0.25, 0.3) is 0 Å². The van der Waals surface area contributed by atoms with E-state index in [1.165, 1.54) is 38.8 Å². The number of nitrogens with zero attached hydrogens (tertiary/aromatic N) is 1. The Kier molecular flexibility index (Phi) is 4.24. The van der Waals surface area contributed by atoms with Crippen LogP contribution in [0.5, 0.6) is 0 Å². The van der Waals surface area contributed by atoms with Gasteiger partial charge in [0, 0.05) is 11.9 Å². The van der Waals surface area contributed by atoms with Crippen molar-refractivity contribution < 1.29 is 0 Å². The number of halogens is 1. The first-order valence-corrected chi connectivity index (χ1v) is 5.09. The Morgan fingerprint density at radius 2 is 1.73 bits per heavy atom. The minimum absolute atomic E-state index is 0.313. The molecule has 0 radical (unpaired) electrons. The molecule has 1 aliphatic heterocycles. The highest BCUT2D eigenvalue weighted by molar-refractivity contribution is 6.20. The van der Waals surface area contributed by atoms with E-state index >= 15 is 0 Å². The summed E-state index contributed by atoms with van der Waals surface area (Å²) in [5.74, 6) is 0. The monoisotopic (exact) mass is 175 g/mol. The molecule has 0 aromatic heterocycles. The quantitative estimate of drug-likeness (QED) is 0.583. The van der Waals surface area contributed by atoms with Crippen LogP contribution in [0.4, 0.5) is 0 Å². The molecule has 0 amide bonds. The Labute approximate surface area is 74.7 Å². The lowest BCUT2D eigenvalue weighted by atomic mass is 10.2. The zero-order valence-electron chi connectivity index (χ0n) is 7.35. The Morgan fingerprint density at radius 3 is 2.18 bits per heavy atom. The van der Waals surface area contributed by atoms with Gasteiger partial charge in [-0.05, 0) is 32.9 Å². The summed E-state index contributed by atoms with van der Waals surface area (Å²) in [6, 6.07) is 0. The van der Waals surface area contributed by atoms with Gasteiger partial charge < -0.3 is 4.90 Å². The Hall–Kier alpha value is 0.250. The summed E-state index contributed by atoms with van der Waals surface area (Å²) in [5.41, 5.74) is 0. The molecule has 2 heteroatoms. The average Bonchev–Trinajstić information content (AvgIpc) is 2.14. The van der Waals surface area contributed by atoms with Gasteiger partial charge in [0.25, 0.3) is 0 Å². The fraction of sp³-hybridized carbons (Fsp3) is 1.00. The van der Waals surface area contributed by atoms with E-state index in [1.807, 2.05) is 0 Å². The molecule has 0 bridgehead atoms. The van der Waals surface area contributed by atoms with Crippen molar-refractivity contribution in [2.75, 3.05) is 19.6 Å². The molecule has 0 N–H and O–H groups in total. The molecule has 1 rings (SSSR count). The van der Waals surface area contributed by atoms with E-state index in [-0.39, 0.29) is 0 Å². The molecular weight excluding hydrogens is 158 g/mol. The molecule has 0 aliphatic carbocycles. The van der Waals surface area contributed by atoms with Crippen LogP contribution in [0.3, 0.4) is 0 Å². The maximum Gasteiger partial charge on any atom is 0.0435 e. The van der Waals surface area contributed by atoms with Crippen LogP contribution in [-0.2, 0) is 0 Å². The number of rotatable bonds is 2. The van der Waals surface area contributed by atoms with Crippen LogP contribution >= 0.6 is 11.6 Å². The molecule has 11 heavy (non-hydrogen) atoms. The van der Waals surface area contributed by atoms with Crippen LogP contribution in [-0.4, -0.2) is 29.9 Å². The molecule has 0 aromatic carbocycles. The van der Waals surface area contributed by atoms with E-state index in [9.17, 15) is 0 Å². The first kappa shape index (κ1) is 9.34. The van der Waals surface area contributed by atoms with Gasteiger partial charge >= 0.3 is 0 Å². The van der Waals surface area contributed by atoms with E-state index in [2.05, 4.69) is 11.8 Å². The maximum atomic E-state index is 5.92. The Bertz CT molecular complexity index is 95.7. The molecule has 0 spiro atoms. The first-order valence-electron chi connectivity index (χ1n) is 4.65. The SMILES string of the molecule is CC(Cl)CN1CCCCCC1. The van der Waals surface area contributed by atoms with Gasteiger partial charge in [0.15, 0.2) is 0 Å². The van der Waals surface area contributed by atoms with Gasteiger partial charge in [-0.2, -0.15) is 0 Å². The predicted octanol–water partition coefficient (Wildman–Crippen LogP) is 2.49. The minimum Gasteiger partial charge on any atom is -0.302 e. The van der Waals surface area contributed by atoms with Crippen LogP contribution in [0.15, 0.2) is 0 Å². The highest BCUT2D eigenvalue weighted by atomic mass is 35.5. The van der Waals surface area contributed by atoms with Gasteiger partial charge in [-0.1, -0.05) is 12.8 Å². The average molecular weight is 176 g/mol. The van der Waals surface area contributed by atoms with Gasteiger partial charge in [0.05, 0.1) is 0 Å². The van der Waals surface area contributed by atoms with Crippen molar-refractivity contribution in [1.82, 2.24) is 4.90 Å². The van der Waals surface area contributed by atoms with Crippen LogP contribution in [0, 0.1) is 0 Å². The second-order valence-electron chi connectivity index (χ2n) is 3.50. The number of hydrogen-bond donors (Lipinski definition) is 0. The largest absolute Gasteiger partial charge is 0.302 e. The molecule has 66 valence electrons. The molecule has 1 fully saturated rings. The van der Waals surface area contributed by atoms with Gasteiger partial charge in [0.2, 0.25) is 0 Å². The molecule has 1 heterocycles. The molecule has 1 saturated heterocycles. The topological polar surface area (TPSA) is 3.24 Å². The third-order valence-electron chi connectivity index (χ3n) is 2.21. The van der Waals surface area contributed by atoms with Gasteiger partial charge in [-0.15, -0.1) is 11.6 Å². The van der Waals surface area contributed by atoms with Crippen molar-refractivity contribution in [3.63, 3.8) is 0 Å².